The van der Waals surface area contributed by atoms with Gasteiger partial charge in [0.2, 0.25) is 0 Å². The number of terminal acetylenes is 1. The van der Waals surface area contributed by atoms with Crippen LogP contribution < -0.4 is 10.6 Å². The second-order valence-corrected chi connectivity index (χ2v) is 16.2. The molecule has 2 amide bonds. The van der Waals surface area contributed by atoms with Crippen LogP contribution in [-0.4, -0.2) is 63.0 Å². The van der Waals surface area contributed by atoms with Crippen molar-refractivity contribution < 1.29 is 24.0 Å². The lowest BCUT2D eigenvalue weighted by atomic mass is 9.77. The van der Waals surface area contributed by atoms with Gasteiger partial charge in [0.15, 0.2) is 23.6 Å². The van der Waals surface area contributed by atoms with Gasteiger partial charge in [-0.3, -0.25) is 14.5 Å². The topological polar surface area (TPSA) is 122 Å². The number of carbonyl (C=O) groups excluding carboxylic acids is 3. The third kappa shape index (κ3) is 8.41. The second-order valence-electron chi connectivity index (χ2n) is 14.0. The third-order valence-electron chi connectivity index (χ3n) is 10.3. The van der Waals surface area contributed by atoms with E-state index in [0.717, 1.165) is 27.8 Å². The van der Waals surface area contributed by atoms with Gasteiger partial charge in [0.1, 0.15) is 28.3 Å². The first-order valence-electron chi connectivity index (χ1n) is 19.3. The standard InChI is InChI=1S/C48H38ClN5O5S2/c1-2-28-58-53-39(38-31-61-47(50-38)52-48(35-22-12-5-13-23-35,36-24-14-6-15-25-36)37-26-16-7-17-27-37)43(55)51-40-44(56)54-41(34(29-49)30-60-45(40)54)46(57)59-42(32-18-8-3-9-19-32)33-20-10-4-11-21-33/h1,3-27,31,40,42,45H,28-30H2,(H,50,52)(H,51,55)/t40-,45-/m1/s1. The fourth-order valence-electron chi connectivity index (χ4n) is 7.45. The minimum Gasteiger partial charge on any atom is -0.448 e. The summed E-state index contributed by atoms with van der Waals surface area (Å²) in [6.07, 6.45) is 4.72. The molecule has 1 fully saturated rings. The summed E-state index contributed by atoms with van der Waals surface area (Å²) >= 11 is 9.04. The van der Waals surface area contributed by atoms with Crippen LogP contribution in [0, 0.1) is 12.3 Å². The predicted molar refractivity (Wildman–Crippen MR) is 240 cm³/mol. The Hall–Kier alpha value is -6.65. The summed E-state index contributed by atoms with van der Waals surface area (Å²) in [5.74, 6) is 0.804. The van der Waals surface area contributed by atoms with Gasteiger partial charge in [-0.15, -0.1) is 41.1 Å². The summed E-state index contributed by atoms with van der Waals surface area (Å²) in [6.45, 7) is -0.204. The average Bonchev–Trinajstić information content (AvgIpc) is 3.79. The van der Waals surface area contributed by atoms with Crippen LogP contribution in [0.15, 0.2) is 173 Å². The molecule has 0 spiro atoms. The van der Waals surface area contributed by atoms with Crippen molar-refractivity contribution in [3.05, 3.63) is 202 Å². The summed E-state index contributed by atoms with van der Waals surface area (Å²) < 4.78 is 6.17. The molecule has 1 aromatic heterocycles. The molecule has 2 N–H and O–H groups in total. The molecule has 2 atom stereocenters. The number of benzene rings is 5. The Morgan fingerprint density at radius 3 is 1.89 bits per heavy atom. The summed E-state index contributed by atoms with van der Waals surface area (Å²) in [6, 6.07) is 47.9. The fourth-order valence-corrected chi connectivity index (χ4v) is 9.88. The van der Waals surface area contributed by atoms with Crippen molar-refractivity contribution in [3.8, 4) is 12.3 Å². The van der Waals surface area contributed by atoms with Gasteiger partial charge in [0.05, 0.1) is 0 Å². The molecular formula is C48H38ClN5O5S2. The number of thioether (sulfide) groups is 1. The molecule has 0 radical (unpaired) electrons. The van der Waals surface area contributed by atoms with E-state index in [1.807, 2.05) is 115 Å². The van der Waals surface area contributed by atoms with Crippen molar-refractivity contribution in [2.24, 2.45) is 5.16 Å². The summed E-state index contributed by atoms with van der Waals surface area (Å²) in [5.41, 5.74) is 4.21. The maximum absolute atomic E-state index is 14.2. The molecule has 1 saturated heterocycles. The van der Waals surface area contributed by atoms with Crippen molar-refractivity contribution >= 4 is 63.3 Å². The smallest absolute Gasteiger partial charge is 0.356 e. The van der Waals surface area contributed by atoms with E-state index in [1.165, 1.54) is 28.0 Å². The average molecular weight is 864 g/mol. The lowest BCUT2D eigenvalue weighted by molar-refractivity contribution is -0.154. The van der Waals surface area contributed by atoms with Crippen LogP contribution in [0.3, 0.4) is 0 Å². The largest absolute Gasteiger partial charge is 0.448 e. The fraction of sp³-hybridized carbons (Fsp3) is 0.146. The molecular weight excluding hydrogens is 826 g/mol. The number of ether oxygens (including phenoxy) is 1. The first kappa shape index (κ1) is 41.1. The molecule has 3 heterocycles. The van der Waals surface area contributed by atoms with E-state index in [0.29, 0.717) is 16.5 Å². The lowest BCUT2D eigenvalue weighted by Gasteiger charge is -2.49. The lowest BCUT2D eigenvalue weighted by Crippen LogP contribution is -2.71. The number of rotatable bonds is 15. The third-order valence-corrected chi connectivity index (χ3v) is 12.7. The minimum absolute atomic E-state index is 0.00984. The van der Waals surface area contributed by atoms with Crippen molar-refractivity contribution in [1.29, 1.82) is 0 Å². The number of fused-ring (bicyclic) bond motifs is 1. The molecule has 6 aromatic rings. The highest BCUT2D eigenvalue weighted by atomic mass is 35.5. The van der Waals surface area contributed by atoms with E-state index in [2.05, 4.69) is 58.1 Å². The SMILES string of the molecule is C#CCON=C(C(=O)N[C@@H]1C(=O)N2C(C(=O)OC(c3ccccc3)c3ccccc3)=C(CCl)CS[C@H]12)c1csc(NC(c2ccccc2)(c2ccccc2)c2ccccc2)n1. The number of oxime groups is 1. The predicted octanol–water partition coefficient (Wildman–Crippen LogP) is 8.13. The molecule has 0 bridgehead atoms. The van der Waals surface area contributed by atoms with E-state index in [1.54, 1.807) is 5.38 Å². The van der Waals surface area contributed by atoms with Crippen LogP contribution in [0.25, 0.3) is 0 Å². The highest BCUT2D eigenvalue weighted by Gasteiger charge is 2.55. The van der Waals surface area contributed by atoms with Gasteiger partial charge in [-0.2, -0.15) is 0 Å². The van der Waals surface area contributed by atoms with Gasteiger partial charge in [-0.25, -0.2) is 9.78 Å². The number of hydrogen-bond donors (Lipinski definition) is 2. The molecule has 0 aliphatic carbocycles. The molecule has 5 aromatic carbocycles. The molecule has 10 nitrogen and oxygen atoms in total. The maximum Gasteiger partial charge on any atom is 0.356 e. The summed E-state index contributed by atoms with van der Waals surface area (Å²) in [7, 11) is 0. The molecule has 61 heavy (non-hydrogen) atoms. The van der Waals surface area contributed by atoms with Crippen molar-refractivity contribution in [2.45, 2.75) is 23.1 Å². The maximum atomic E-state index is 14.2. The quantitative estimate of drug-likeness (QED) is 0.0155. The van der Waals surface area contributed by atoms with E-state index < -0.39 is 40.8 Å². The first-order valence-corrected chi connectivity index (χ1v) is 21.8. The zero-order valence-corrected chi connectivity index (χ0v) is 34.9. The van der Waals surface area contributed by atoms with Crippen LogP contribution in [0.5, 0.6) is 0 Å². The Bertz CT molecular complexity index is 2470. The first-order chi connectivity index (χ1) is 29.9. The number of thiazole rings is 1. The highest BCUT2D eigenvalue weighted by molar-refractivity contribution is 8.00. The Morgan fingerprint density at radius 1 is 0.852 bits per heavy atom. The van der Waals surface area contributed by atoms with Gasteiger partial charge in [0.25, 0.3) is 11.8 Å². The van der Waals surface area contributed by atoms with E-state index in [4.69, 9.17) is 32.6 Å². The minimum atomic E-state index is -1.01. The number of β-lactam (4-membered cyclic amide) rings is 1. The monoisotopic (exact) mass is 863 g/mol. The van der Waals surface area contributed by atoms with Crippen molar-refractivity contribution in [3.63, 3.8) is 0 Å². The Labute approximate surface area is 366 Å². The van der Waals surface area contributed by atoms with Crippen molar-refractivity contribution in [1.82, 2.24) is 15.2 Å². The number of nitrogens with one attached hydrogen (secondary N) is 2. The van der Waals surface area contributed by atoms with Crippen molar-refractivity contribution in [2.75, 3.05) is 23.6 Å². The Morgan fingerprint density at radius 2 is 1.38 bits per heavy atom. The van der Waals surface area contributed by atoms with E-state index >= 15 is 0 Å². The molecule has 2 aliphatic heterocycles. The number of aromatic nitrogens is 1. The van der Waals surface area contributed by atoms with E-state index in [9.17, 15) is 14.4 Å². The van der Waals surface area contributed by atoms with Crippen LogP contribution in [0.4, 0.5) is 5.13 Å². The number of halogens is 1. The molecule has 8 rings (SSSR count). The number of nitrogens with zero attached hydrogens (tertiary/aromatic N) is 3. The molecule has 2 aliphatic rings. The van der Waals surface area contributed by atoms with Gasteiger partial charge in [0, 0.05) is 17.0 Å². The number of amides is 2. The zero-order valence-electron chi connectivity index (χ0n) is 32.5. The summed E-state index contributed by atoms with van der Waals surface area (Å²) in [5, 5.41) is 12.2. The molecule has 0 saturated carbocycles. The van der Waals surface area contributed by atoms with Crippen LogP contribution >= 0.6 is 34.7 Å². The molecule has 13 heteroatoms. The zero-order chi connectivity index (χ0) is 42.2. The van der Waals surface area contributed by atoms with Gasteiger partial charge >= 0.3 is 5.97 Å². The van der Waals surface area contributed by atoms with Crippen LogP contribution in [-0.2, 0) is 29.5 Å². The number of esters is 1. The number of alkyl halides is 1. The van der Waals surface area contributed by atoms with Gasteiger partial charge in [-0.05, 0) is 33.4 Å². The van der Waals surface area contributed by atoms with Crippen LogP contribution in [0.1, 0.15) is 39.6 Å². The highest BCUT2D eigenvalue weighted by Crippen LogP contribution is 2.43. The van der Waals surface area contributed by atoms with Gasteiger partial charge < -0.3 is 20.2 Å². The summed E-state index contributed by atoms with van der Waals surface area (Å²) in [4.78, 5) is 53.9. The molecule has 0 unspecified atom stereocenters. The van der Waals surface area contributed by atoms with E-state index in [-0.39, 0.29) is 29.6 Å². The normalized spacial score (nSPS) is 16.2. The number of hydrogen-bond acceptors (Lipinski definition) is 10. The number of carbonyl (C=O) groups is 3. The number of anilines is 1. The van der Waals surface area contributed by atoms with Crippen LogP contribution in [0.2, 0.25) is 0 Å². The van der Waals surface area contributed by atoms with Gasteiger partial charge in [-0.1, -0.05) is 163 Å². The molecule has 304 valence electrons. The second kappa shape index (κ2) is 18.7. The Kier molecular flexibility index (Phi) is 12.6. The Balaban J connectivity index is 1.05.